The van der Waals surface area contributed by atoms with Crippen molar-refractivity contribution in [1.82, 2.24) is 15.1 Å². The third-order valence-corrected chi connectivity index (χ3v) is 3.85. The Hall–Kier alpha value is -1.40. The molecular weight excluding hydrogens is 262 g/mol. The minimum atomic E-state index is 0.0557. The lowest BCUT2D eigenvalue weighted by atomic mass is 10.2. The number of likely N-dealkylation sites (N-methyl/N-ethyl adjacent to an activating group) is 1. The smallest absolute Gasteiger partial charge is 0.254 e. The molecule has 0 bridgehead atoms. The monoisotopic (exact) mass is 281 g/mol. The summed E-state index contributed by atoms with van der Waals surface area (Å²) in [7, 11) is 0. The number of amides is 2. The molecule has 6 heteroatoms. The van der Waals surface area contributed by atoms with Crippen LogP contribution >= 0.6 is 11.3 Å². The van der Waals surface area contributed by atoms with E-state index in [-0.39, 0.29) is 11.8 Å². The van der Waals surface area contributed by atoms with Gasteiger partial charge in [-0.3, -0.25) is 14.5 Å². The van der Waals surface area contributed by atoms with Crippen LogP contribution in [0.25, 0.3) is 0 Å². The van der Waals surface area contributed by atoms with Crippen LogP contribution in [0.3, 0.4) is 0 Å². The van der Waals surface area contributed by atoms with E-state index in [1.165, 1.54) is 11.3 Å². The number of carbonyl (C=O) groups excluding carboxylic acids is 2. The van der Waals surface area contributed by atoms with Gasteiger partial charge in [-0.05, 0) is 18.4 Å². The molecule has 0 atom stereocenters. The minimum Gasteiger partial charge on any atom is -0.355 e. The van der Waals surface area contributed by atoms with Gasteiger partial charge in [0.1, 0.15) is 0 Å². The average molecular weight is 281 g/mol. The van der Waals surface area contributed by atoms with Crippen LogP contribution in [0, 0.1) is 0 Å². The van der Waals surface area contributed by atoms with Gasteiger partial charge in [0.25, 0.3) is 5.91 Å². The normalized spacial score (nSPS) is 16.4. The highest BCUT2D eigenvalue weighted by Crippen LogP contribution is 2.11. The molecule has 0 aromatic carbocycles. The fourth-order valence-electron chi connectivity index (χ4n) is 2.13. The first-order valence-corrected chi connectivity index (χ1v) is 7.45. The summed E-state index contributed by atoms with van der Waals surface area (Å²) in [5.41, 5.74) is 0.766. The Balaban J connectivity index is 1.79. The molecule has 1 aromatic heterocycles. The summed E-state index contributed by atoms with van der Waals surface area (Å²) in [5.74, 6) is 0.152. The van der Waals surface area contributed by atoms with E-state index in [9.17, 15) is 9.59 Å². The molecule has 1 fully saturated rings. The van der Waals surface area contributed by atoms with Crippen LogP contribution < -0.4 is 5.32 Å². The molecule has 0 radical (unpaired) electrons. The predicted octanol–water partition coefficient (Wildman–Crippen LogP) is 0.642. The van der Waals surface area contributed by atoms with Crippen molar-refractivity contribution in [3.8, 4) is 0 Å². The van der Waals surface area contributed by atoms with Crippen molar-refractivity contribution in [2.45, 2.75) is 6.92 Å². The van der Waals surface area contributed by atoms with Crippen LogP contribution in [-0.4, -0.2) is 60.9 Å². The summed E-state index contributed by atoms with van der Waals surface area (Å²) in [4.78, 5) is 27.6. The summed E-state index contributed by atoms with van der Waals surface area (Å²) in [6.45, 7) is 5.89. The number of nitrogens with one attached hydrogen (secondary N) is 1. The number of thiophene rings is 1. The number of hydrogen-bond donors (Lipinski definition) is 1. The minimum absolute atomic E-state index is 0.0557. The van der Waals surface area contributed by atoms with Crippen molar-refractivity contribution < 1.29 is 9.59 Å². The molecule has 5 nitrogen and oxygen atoms in total. The molecule has 2 rings (SSSR count). The molecule has 19 heavy (non-hydrogen) atoms. The van der Waals surface area contributed by atoms with E-state index in [0.29, 0.717) is 26.2 Å². The Labute approximate surface area is 117 Å². The number of piperazine rings is 1. The van der Waals surface area contributed by atoms with Crippen LogP contribution in [0.1, 0.15) is 17.3 Å². The van der Waals surface area contributed by atoms with Crippen molar-refractivity contribution in [2.75, 3.05) is 39.3 Å². The lowest BCUT2D eigenvalue weighted by Crippen LogP contribution is -2.51. The first kappa shape index (κ1) is 14.0. The van der Waals surface area contributed by atoms with Gasteiger partial charge < -0.3 is 10.2 Å². The Kier molecular flexibility index (Phi) is 4.93. The maximum atomic E-state index is 12.1. The Bertz CT molecular complexity index is 425. The van der Waals surface area contributed by atoms with Gasteiger partial charge in [-0.15, -0.1) is 0 Å². The number of rotatable bonds is 4. The molecule has 0 spiro atoms. The second-order valence-corrected chi connectivity index (χ2v) is 5.31. The summed E-state index contributed by atoms with van der Waals surface area (Å²) < 4.78 is 0. The molecule has 2 heterocycles. The highest BCUT2D eigenvalue weighted by molar-refractivity contribution is 7.08. The molecular formula is C13H19N3O2S. The summed E-state index contributed by atoms with van der Waals surface area (Å²) in [5, 5.41) is 6.58. The number of hydrogen-bond acceptors (Lipinski definition) is 4. The lowest BCUT2D eigenvalue weighted by molar-refractivity contribution is -0.122. The largest absolute Gasteiger partial charge is 0.355 e. The van der Waals surface area contributed by atoms with Crippen LogP contribution in [0.15, 0.2) is 16.8 Å². The molecule has 1 N–H and O–H groups in total. The third-order valence-electron chi connectivity index (χ3n) is 3.17. The maximum Gasteiger partial charge on any atom is 0.254 e. The highest BCUT2D eigenvalue weighted by atomic mass is 32.1. The molecule has 1 aromatic rings. The van der Waals surface area contributed by atoms with Crippen molar-refractivity contribution in [3.05, 3.63) is 22.4 Å². The van der Waals surface area contributed by atoms with Crippen LogP contribution in [0.4, 0.5) is 0 Å². The Morgan fingerprint density at radius 1 is 1.32 bits per heavy atom. The molecule has 104 valence electrons. The number of carbonyl (C=O) groups is 2. The quantitative estimate of drug-likeness (QED) is 0.881. The van der Waals surface area contributed by atoms with E-state index in [1.54, 1.807) is 0 Å². The van der Waals surface area contributed by atoms with Crippen molar-refractivity contribution >= 4 is 23.2 Å². The molecule has 0 saturated carbocycles. The highest BCUT2D eigenvalue weighted by Gasteiger charge is 2.23. The van der Waals surface area contributed by atoms with Gasteiger partial charge in [-0.1, -0.05) is 0 Å². The molecule has 1 saturated heterocycles. The van der Waals surface area contributed by atoms with Crippen LogP contribution in [0.2, 0.25) is 0 Å². The summed E-state index contributed by atoms with van der Waals surface area (Å²) >= 11 is 1.54. The van der Waals surface area contributed by atoms with E-state index < -0.39 is 0 Å². The molecule has 0 unspecified atom stereocenters. The van der Waals surface area contributed by atoms with Gasteiger partial charge >= 0.3 is 0 Å². The van der Waals surface area contributed by atoms with Crippen LogP contribution in [-0.2, 0) is 4.79 Å². The zero-order chi connectivity index (χ0) is 13.7. The fourth-order valence-corrected chi connectivity index (χ4v) is 2.76. The van der Waals surface area contributed by atoms with Gasteiger partial charge in [0.05, 0.1) is 12.1 Å². The molecule has 1 aliphatic heterocycles. The number of nitrogens with zero attached hydrogens (tertiary/aromatic N) is 2. The lowest BCUT2D eigenvalue weighted by Gasteiger charge is -2.34. The zero-order valence-corrected chi connectivity index (χ0v) is 11.9. The molecule has 2 amide bonds. The molecule has 1 aliphatic rings. The molecule has 0 aliphatic carbocycles. The summed E-state index contributed by atoms with van der Waals surface area (Å²) in [6.07, 6.45) is 0. The summed E-state index contributed by atoms with van der Waals surface area (Å²) in [6, 6.07) is 1.86. The van der Waals surface area contributed by atoms with Crippen molar-refractivity contribution in [2.24, 2.45) is 0 Å². The second-order valence-electron chi connectivity index (χ2n) is 4.53. The van der Waals surface area contributed by atoms with Gasteiger partial charge in [-0.2, -0.15) is 11.3 Å². The van der Waals surface area contributed by atoms with Gasteiger partial charge in [0.15, 0.2) is 0 Å². The maximum absolute atomic E-state index is 12.1. The standard InChI is InChI=1S/C13H19N3O2S/c1-2-14-12(17)9-15-4-6-16(7-5-15)13(18)11-3-8-19-10-11/h3,8,10H,2,4-7,9H2,1H3,(H,14,17). The SMILES string of the molecule is CCNC(=O)CN1CCN(C(=O)c2ccsc2)CC1. The van der Waals surface area contributed by atoms with Crippen LogP contribution in [0.5, 0.6) is 0 Å². The van der Waals surface area contributed by atoms with Gasteiger partial charge in [0, 0.05) is 38.1 Å². The second kappa shape index (κ2) is 6.68. The third kappa shape index (κ3) is 3.78. The zero-order valence-electron chi connectivity index (χ0n) is 11.1. The van der Waals surface area contributed by atoms with E-state index in [0.717, 1.165) is 18.7 Å². The Morgan fingerprint density at radius 2 is 2.05 bits per heavy atom. The first-order valence-electron chi connectivity index (χ1n) is 6.51. The fraction of sp³-hybridized carbons (Fsp3) is 0.538. The van der Waals surface area contributed by atoms with Gasteiger partial charge in [0.2, 0.25) is 5.91 Å². The Morgan fingerprint density at radius 3 is 2.63 bits per heavy atom. The van der Waals surface area contributed by atoms with E-state index in [1.807, 2.05) is 28.7 Å². The van der Waals surface area contributed by atoms with E-state index in [4.69, 9.17) is 0 Å². The van der Waals surface area contributed by atoms with E-state index >= 15 is 0 Å². The predicted molar refractivity (Wildman–Crippen MR) is 75.3 cm³/mol. The average Bonchev–Trinajstić information content (AvgIpc) is 2.93. The first-order chi connectivity index (χ1) is 9.20. The van der Waals surface area contributed by atoms with Crippen molar-refractivity contribution in [3.63, 3.8) is 0 Å². The topological polar surface area (TPSA) is 52.7 Å². The van der Waals surface area contributed by atoms with Gasteiger partial charge in [-0.25, -0.2) is 0 Å². The van der Waals surface area contributed by atoms with E-state index in [2.05, 4.69) is 10.2 Å². The van der Waals surface area contributed by atoms with Crippen molar-refractivity contribution in [1.29, 1.82) is 0 Å².